The third-order valence-corrected chi connectivity index (χ3v) is 4.80. The molecule has 0 radical (unpaired) electrons. The molecule has 0 atom stereocenters. The van der Waals surface area contributed by atoms with E-state index in [1.807, 2.05) is 0 Å². The van der Waals surface area contributed by atoms with Gasteiger partial charge in [0.2, 0.25) is 0 Å². The SMILES string of the molecule is COc1ccc(Cl)cc1S(=O)(=O)N/N=C/c1ccc(Cl)cc1Cl. The van der Waals surface area contributed by atoms with Gasteiger partial charge in [0.25, 0.3) is 10.0 Å². The second-order valence-corrected chi connectivity index (χ2v) is 7.22. The van der Waals surface area contributed by atoms with Crippen LogP contribution < -0.4 is 9.57 Å². The van der Waals surface area contributed by atoms with Crippen LogP contribution in [0.5, 0.6) is 5.75 Å². The van der Waals surface area contributed by atoms with Gasteiger partial charge in [0.15, 0.2) is 0 Å². The topological polar surface area (TPSA) is 67.8 Å². The van der Waals surface area contributed by atoms with Crippen molar-refractivity contribution in [1.29, 1.82) is 0 Å². The van der Waals surface area contributed by atoms with Gasteiger partial charge in [-0.15, -0.1) is 0 Å². The second-order valence-electron chi connectivity index (χ2n) is 4.31. The van der Waals surface area contributed by atoms with E-state index in [1.54, 1.807) is 12.1 Å². The first-order valence-electron chi connectivity index (χ1n) is 6.17. The number of nitrogens with one attached hydrogen (secondary N) is 1. The molecule has 0 heterocycles. The first-order valence-corrected chi connectivity index (χ1v) is 8.78. The maximum atomic E-state index is 12.3. The minimum absolute atomic E-state index is 0.119. The summed E-state index contributed by atoms with van der Waals surface area (Å²) in [6.07, 6.45) is 1.27. The van der Waals surface area contributed by atoms with Crippen LogP contribution >= 0.6 is 34.8 Å². The Bertz CT molecular complexity index is 854. The molecular weight excluding hydrogens is 383 g/mol. The van der Waals surface area contributed by atoms with Crippen LogP contribution in [0.3, 0.4) is 0 Å². The number of methoxy groups -OCH3 is 1. The zero-order chi connectivity index (χ0) is 17.0. The fourth-order valence-electron chi connectivity index (χ4n) is 1.68. The average Bonchev–Trinajstić information content (AvgIpc) is 2.49. The molecule has 0 saturated heterocycles. The number of ether oxygens (including phenoxy) is 1. The Balaban J connectivity index is 2.25. The molecule has 0 aliphatic rings. The first kappa shape index (κ1) is 17.9. The lowest BCUT2D eigenvalue weighted by molar-refractivity contribution is 0.402. The van der Waals surface area contributed by atoms with Crippen molar-refractivity contribution < 1.29 is 13.2 Å². The highest BCUT2D eigenvalue weighted by Gasteiger charge is 2.19. The summed E-state index contributed by atoms with van der Waals surface area (Å²) in [6.45, 7) is 0. The Morgan fingerprint density at radius 1 is 1.09 bits per heavy atom. The number of hydrogen-bond acceptors (Lipinski definition) is 4. The number of hydrazone groups is 1. The van der Waals surface area contributed by atoms with Crippen LogP contribution in [-0.2, 0) is 10.0 Å². The zero-order valence-electron chi connectivity index (χ0n) is 11.8. The standard InChI is InChI=1S/C14H11Cl3N2O3S/c1-22-13-5-4-11(16)7-14(13)23(20,21)19-18-8-9-2-3-10(15)6-12(9)17/h2-8,19H,1H3/b18-8+. The number of nitrogens with zero attached hydrogens (tertiary/aromatic N) is 1. The highest BCUT2D eigenvalue weighted by molar-refractivity contribution is 7.89. The molecule has 5 nitrogen and oxygen atoms in total. The molecule has 0 amide bonds. The molecule has 2 rings (SSSR count). The van der Waals surface area contributed by atoms with Crippen molar-refractivity contribution in [3.05, 3.63) is 57.0 Å². The lowest BCUT2D eigenvalue weighted by Gasteiger charge is -2.09. The lowest BCUT2D eigenvalue weighted by Crippen LogP contribution is -2.19. The first-order chi connectivity index (χ1) is 10.8. The fourth-order valence-corrected chi connectivity index (χ4v) is 3.36. The molecule has 0 aromatic heterocycles. The smallest absolute Gasteiger partial charge is 0.280 e. The molecule has 2 aromatic carbocycles. The summed E-state index contributed by atoms with van der Waals surface area (Å²) in [4.78, 5) is 1.96. The van der Waals surface area contributed by atoms with E-state index in [2.05, 4.69) is 9.93 Å². The molecule has 1 N–H and O–H groups in total. The van der Waals surface area contributed by atoms with E-state index in [4.69, 9.17) is 39.5 Å². The number of rotatable bonds is 5. The van der Waals surface area contributed by atoms with Gasteiger partial charge in [-0.2, -0.15) is 18.4 Å². The quantitative estimate of drug-likeness (QED) is 0.617. The molecule has 0 bridgehead atoms. The summed E-state index contributed by atoms with van der Waals surface area (Å²) in [5.74, 6) is 0.154. The van der Waals surface area contributed by atoms with Crippen LogP contribution in [-0.4, -0.2) is 21.7 Å². The molecule has 23 heavy (non-hydrogen) atoms. The maximum absolute atomic E-state index is 12.3. The van der Waals surface area contributed by atoms with E-state index in [-0.39, 0.29) is 15.7 Å². The Kier molecular flexibility index (Phi) is 5.75. The van der Waals surface area contributed by atoms with E-state index in [1.165, 1.54) is 37.6 Å². The monoisotopic (exact) mass is 392 g/mol. The summed E-state index contributed by atoms with van der Waals surface area (Å²) in [7, 11) is -2.58. The third kappa shape index (κ3) is 4.51. The minimum atomic E-state index is -3.94. The molecule has 0 aliphatic heterocycles. The maximum Gasteiger partial charge on any atom is 0.280 e. The predicted octanol–water partition coefficient (Wildman–Crippen LogP) is 3.97. The van der Waals surface area contributed by atoms with Gasteiger partial charge in [0.05, 0.1) is 18.3 Å². The van der Waals surface area contributed by atoms with E-state index in [0.29, 0.717) is 15.6 Å². The number of sulfonamides is 1. The van der Waals surface area contributed by atoms with Crippen LogP contribution in [0, 0.1) is 0 Å². The van der Waals surface area contributed by atoms with Crippen molar-refractivity contribution in [2.45, 2.75) is 4.90 Å². The Morgan fingerprint density at radius 2 is 1.74 bits per heavy atom. The molecular formula is C14H11Cl3N2O3S. The molecule has 0 spiro atoms. The van der Waals surface area contributed by atoms with Crippen molar-refractivity contribution in [2.24, 2.45) is 5.10 Å². The van der Waals surface area contributed by atoms with Crippen LogP contribution in [0.2, 0.25) is 15.1 Å². The van der Waals surface area contributed by atoms with Gasteiger partial charge in [-0.05, 0) is 30.3 Å². The Hall–Kier alpha value is -1.47. The molecule has 0 fully saturated rings. The normalized spacial score (nSPS) is 11.7. The number of hydrogen-bond donors (Lipinski definition) is 1. The fraction of sp³-hybridized carbons (Fsp3) is 0.0714. The predicted molar refractivity (Wildman–Crippen MR) is 92.4 cm³/mol. The Morgan fingerprint density at radius 3 is 2.39 bits per heavy atom. The van der Waals surface area contributed by atoms with Gasteiger partial charge in [0, 0.05) is 15.6 Å². The van der Waals surface area contributed by atoms with Crippen LogP contribution in [0.25, 0.3) is 0 Å². The van der Waals surface area contributed by atoms with Gasteiger partial charge in [0.1, 0.15) is 10.6 Å². The molecule has 2 aromatic rings. The van der Waals surface area contributed by atoms with E-state index >= 15 is 0 Å². The highest BCUT2D eigenvalue weighted by Crippen LogP contribution is 2.26. The number of halogens is 3. The van der Waals surface area contributed by atoms with Gasteiger partial charge >= 0.3 is 0 Å². The van der Waals surface area contributed by atoms with Crippen molar-refractivity contribution in [3.63, 3.8) is 0 Å². The molecule has 9 heteroatoms. The van der Waals surface area contributed by atoms with Crippen LogP contribution in [0.1, 0.15) is 5.56 Å². The van der Waals surface area contributed by atoms with E-state index in [9.17, 15) is 8.42 Å². The molecule has 0 unspecified atom stereocenters. The summed E-state index contributed by atoms with van der Waals surface area (Å²) in [5.41, 5.74) is 0.511. The van der Waals surface area contributed by atoms with Gasteiger partial charge in [-0.1, -0.05) is 40.9 Å². The van der Waals surface area contributed by atoms with E-state index < -0.39 is 10.0 Å². The summed E-state index contributed by atoms with van der Waals surface area (Å²) < 4.78 is 29.6. The van der Waals surface area contributed by atoms with Crippen molar-refractivity contribution in [2.75, 3.05) is 7.11 Å². The van der Waals surface area contributed by atoms with Crippen molar-refractivity contribution >= 4 is 51.0 Å². The second kappa shape index (κ2) is 7.40. The highest BCUT2D eigenvalue weighted by atomic mass is 35.5. The van der Waals surface area contributed by atoms with Gasteiger partial charge in [-0.25, -0.2) is 0 Å². The average molecular weight is 394 g/mol. The molecule has 0 saturated carbocycles. The van der Waals surface area contributed by atoms with Crippen LogP contribution in [0.15, 0.2) is 46.4 Å². The lowest BCUT2D eigenvalue weighted by atomic mass is 10.2. The zero-order valence-corrected chi connectivity index (χ0v) is 14.8. The molecule has 122 valence electrons. The van der Waals surface area contributed by atoms with Gasteiger partial charge in [-0.3, -0.25) is 0 Å². The minimum Gasteiger partial charge on any atom is -0.495 e. The molecule has 0 aliphatic carbocycles. The summed E-state index contributed by atoms with van der Waals surface area (Å²) >= 11 is 17.6. The summed E-state index contributed by atoms with van der Waals surface area (Å²) in [5, 5.41) is 4.77. The van der Waals surface area contributed by atoms with Gasteiger partial charge < -0.3 is 4.74 Å². The van der Waals surface area contributed by atoms with Crippen LogP contribution in [0.4, 0.5) is 0 Å². The summed E-state index contributed by atoms with van der Waals surface area (Å²) in [6, 6.07) is 9.00. The largest absolute Gasteiger partial charge is 0.495 e. The third-order valence-electron chi connectivity index (χ3n) is 2.75. The number of benzene rings is 2. The van der Waals surface area contributed by atoms with E-state index in [0.717, 1.165) is 0 Å². The van der Waals surface area contributed by atoms with Crippen molar-refractivity contribution in [3.8, 4) is 5.75 Å². The Labute approximate surface area is 148 Å². The van der Waals surface area contributed by atoms with Crippen molar-refractivity contribution in [1.82, 2.24) is 4.83 Å².